The van der Waals surface area contributed by atoms with Crippen molar-refractivity contribution in [2.75, 3.05) is 20.2 Å². The maximum Gasteiger partial charge on any atom is 0.303 e. The Hall–Kier alpha value is -2.13. The standard InChI is InChI=1S/C15H20N2O6S/c1-23-13-3-2-11(9-12(13)15(16)20)24(21,22)17-6-4-10(5-7-17)8-14(18)19/h2-3,9-10H,4-8H2,1H3,(H2,16,20)(H,18,19). The lowest BCUT2D eigenvalue weighted by Crippen LogP contribution is -2.39. The van der Waals surface area contributed by atoms with Crippen LogP contribution >= 0.6 is 0 Å². The Morgan fingerprint density at radius 1 is 1.33 bits per heavy atom. The minimum absolute atomic E-state index is 0.000613. The molecule has 0 spiro atoms. The number of carbonyl (C=O) groups is 2. The molecule has 1 heterocycles. The minimum Gasteiger partial charge on any atom is -0.496 e. The van der Waals surface area contributed by atoms with Gasteiger partial charge in [-0.2, -0.15) is 4.31 Å². The zero-order valence-electron chi connectivity index (χ0n) is 13.3. The number of ether oxygens (including phenoxy) is 1. The number of sulfonamides is 1. The van der Waals surface area contributed by atoms with Gasteiger partial charge in [-0.15, -0.1) is 0 Å². The summed E-state index contributed by atoms with van der Waals surface area (Å²) in [5.41, 5.74) is 5.26. The second-order valence-electron chi connectivity index (χ2n) is 5.67. The quantitative estimate of drug-likeness (QED) is 0.771. The molecule has 3 N–H and O–H groups in total. The summed E-state index contributed by atoms with van der Waals surface area (Å²) in [7, 11) is -2.41. The first-order valence-corrected chi connectivity index (χ1v) is 8.89. The molecule has 0 aromatic heterocycles. The van der Waals surface area contributed by atoms with Crippen LogP contribution in [0.5, 0.6) is 5.75 Å². The van der Waals surface area contributed by atoms with Gasteiger partial charge >= 0.3 is 5.97 Å². The predicted octanol–water partition coefficient (Wildman–Crippen LogP) is 0.670. The van der Waals surface area contributed by atoms with Gasteiger partial charge in [0.2, 0.25) is 10.0 Å². The lowest BCUT2D eigenvalue weighted by atomic mass is 9.95. The Morgan fingerprint density at radius 3 is 2.46 bits per heavy atom. The van der Waals surface area contributed by atoms with Crippen LogP contribution in [-0.2, 0) is 14.8 Å². The first-order valence-electron chi connectivity index (χ1n) is 7.45. The second kappa shape index (κ2) is 7.18. The third-order valence-electron chi connectivity index (χ3n) is 4.11. The molecule has 0 bridgehead atoms. The van der Waals surface area contributed by atoms with Gasteiger partial charge in [0.05, 0.1) is 17.6 Å². The number of carbonyl (C=O) groups excluding carboxylic acids is 1. The molecule has 1 amide bonds. The Labute approximate surface area is 140 Å². The van der Waals surface area contributed by atoms with E-state index < -0.39 is 21.9 Å². The molecule has 0 aliphatic carbocycles. The Morgan fingerprint density at radius 2 is 1.96 bits per heavy atom. The van der Waals surface area contributed by atoms with Gasteiger partial charge in [-0.1, -0.05) is 0 Å². The fraction of sp³-hybridized carbons (Fsp3) is 0.467. The van der Waals surface area contributed by atoms with Crippen molar-refractivity contribution in [1.29, 1.82) is 0 Å². The molecular weight excluding hydrogens is 336 g/mol. The van der Waals surface area contributed by atoms with Gasteiger partial charge in [0.25, 0.3) is 5.91 Å². The smallest absolute Gasteiger partial charge is 0.303 e. The molecule has 9 heteroatoms. The maximum absolute atomic E-state index is 12.7. The molecule has 1 saturated heterocycles. The second-order valence-corrected chi connectivity index (χ2v) is 7.61. The Balaban J connectivity index is 2.21. The highest BCUT2D eigenvalue weighted by molar-refractivity contribution is 7.89. The van der Waals surface area contributed by atoms with Crippen LogP contribution in [0.2, 0.25) is 0 Å². The van der Waals surface area contributed by atoms with E-state index in [1.165, 1.54) is 29.6 Å². The van der Waals surface area contributed by atoms with Crippen LogP contribution in [0.4, 0.5) is 0 Å². The molecule has 132 valence electrons. The Kier molecular flexibility index (Phi) is 5.45. The normalized spacial score (nSPS) is 16.7. The number of piperidine rings is 1. The van der Waals surface area contributed by atoms with Crippen LogP contribution in [0.25, 0.3) is 0 Å². The number of carboxylic acid groups (broad SMARTS) is 1. The molecule has 0 saturated carbocycles. The van der Waals surface area contributed by atoms with Crippen LogP contribution in [-0.4, -0.2) is 49.9 Å². The van der Waals surface area contributed by atoms with E-state index in [1.54, 1.807) is 0 Å². The van der Waals surface area contributed by atoms with Gasteiger partial charge < -0.3 is 15.6 Å². The first kappa shape index (κ1) is 18.2. The lowest BCUT2D eigenvalue weighted by molar-refractivity contribution is -0.138. The van der Waals surface area contributed by atoms with E-state index >= 15 is 0 Å². The van der Waals surface area contributed by atoms with Crippen molar-refractivity contribution in [2.24, 2.45) is 11.7 Å². The van der Waals surface area contributed by atoms with Crippen molar-refractivity contribution in [3.8, 4) is 5.75 Å². The summed E-state index contributed by atoms with van der Waals surface area (Å²) < 4.78 is 31.7. The van der Waals surface area contributed by atoms with Crippen molar-refractivity contribution in [3.05, 3.63) is 23.8 Å². The van der Waals surface area contributed by atoms with Crippen molar-refractivity contribution in [2.45, 2.75) is 24.2 Å². The number of nitrogens with two attached hydrogens (primary N) is 1. The molecule has 1 aliphatic heterocycles. The number of nitrogens with zero attached hydrogens (tertiary/aromatic N) is 1. The van der Waals surface area contributed by atoms with Gasteiger partial charge in [-0.3, -0.25) is 9.59 Å². The molecule has 1 aliphatic rings. The summed E-state index contributed by atoms with van der Waals surface area (Å²) in [4.78, 5) is 22.2. The van der Waals surface area contributed by atoms with Crippen LogP contribution in [0.1, 0.15) is 29.6 Å². The van der Waals surface area contributed by atoms with Crippen LogP contribution in [0.3, 0.4) is 0 Å². The Bertz CT molecular complexity index is 738. The van der Waals surface area contributed by atoms with E-state index in [0.717, 1.165) is 0 Å². The molecule has 0 unspecified atom stereocenters. The third-order valence-corrected chi connectivity index (χ3v) is 6.01. The van der Waals surface area contributed by atoms with Crippen LogP contribution < -0.4 is 10.5 Å². The van der Waals surface area contributed by atoms with Crippen molar-refractivity contribution >= 4 is 21.9 Å². The summed E-state index contributed by atoms with van der Waals surface area (Å²) >= 11 is 0. The summed E-state index contributed by atoms with van der Waals surface area (Å²) in [6.07, 6.45) is 1.02. The van der Waals surface area contributed by atoms with E-state index in [0.29, 0.717) is 12.8 Å². The van der Waals surface area contributed by atoms with E-state index in [2.05, 4.69) is 0 Å². The summed E-state index contributed by atoms with van der Waals surface area (Å²) in [5, 5.41) is 8.81. The lowest BCUT2D eigenvalue weighted by Gasteiger charge is -2.30. The highest BCUT2D eigenvalue weighted by Crippen LogP contribution is 2.28. The number of carboxylic acids is 1. The topological polar surface area (TPSA) is 127 Å². The zero-order chi connectivity index (χ0) is 17.9. The summed E-state index contributed by atoms with van der Waals surface area (Å²) in [6.45, 7) is 0.496. The number of amides is 1. The van der Waals surface area contributed by atoms with Crippen molar-refractivity contribution < 1.29 is 27.9 Å². The number of primary amides is 1. The average Bonchev–Trinajstić information content (AvgIpc) is 2.54. The first-order chi connectivity index (χ1) is 11.3. The highest BCUT2D eigenvalue weighted by Gasteiger charge is 2.31. The van der Waals surface area contributed by atoms with E-state index in [1.807, 2.05) is 0 Å². The van der Waals surface area contributed by atoms with Gasteiger partial charge in [0, 0.05) is 19.5 Å². The van der Waals surface area contributed by atoms with Crippen LogP contribution in [0.15, 0.2) is 23.1 Å². The molecular formula is C15H20N2O6S. The van der Waals surface area contributed by atoms with E-state index in [4.69, 9.17) is 15.6 Å². The number of hydrogen-bond acceptors (Lipinski definition) is 5. The maximum atomic E-state index is 12.7. The molecule has 1 aromatic carbocycles. The predicted molar refractivity (Wildman–Crippen MR) is 85.2 cm³/mol. The van der Waals surface area contributed by atoms with Gasteiger partial charge in [0.1, 0.15) is 5.75 Å². The van der Waals surface area contributed by atoms with Gasteiger partial charge in [-0.05, 0) is 37.0 Å². The largest absolute Gasteiger partial charge is 0.496 e. The monoisotopic (exact) mass is 356 g/mol. The number of benzene rings is 1. The van der Waals surface area contributed by atoms with E-state index in [-0.39, 0.29) is 41.6 Å². The van der Waals surface area contributed by atoms with Gasteiger partial charge in [-0.25, -0.2) is 8.42 Å². The molecule has 0 atom stereocenters. The van der Waals surface area contributed by atoms with Crippen molar-refractivity contribution in [3.63, 3.8) is 0 Å². The van der Waals surface area contributed by atoms with Gasteiger partial charge in [0.15, 0.2) is 0 Å². The fourth-order valence-corrected chi connectivity index (χ4v) is 4.29. The zero-order valence-corrected chi connectivity index (χ0v) is 14.1. The SMILES string of the molecule is COc1ccc(S(=O)(=O)N2CCC(CC(=O)O)CC2)cc1C(N)=O. The molecule has 24 heavy (non-hydrogen) atoms. The molecule has 1 fully saturated rings. The number of rotatable bonds is 6. The molecule has 2 rings (SSSR count). The van der Waals surface area contributed by atoms with E-state index in [9.17, 15) is 18.0 Å². The van der Waals surface area contributed by atoms with Crippen LogP contribution in [0, 0.1) is 5.92 Å². The summed E-state index contributed by atoms with van der Waals surface area (Å²) in [6, 6.07) is 3.97. The summed E-state index contributed by atoms with van der Waals surface area (Å²) in [5.74, 6) is -1.46. The molecule has 8 nitrogen and oxygen atoms in total. The highest BCUT2D eigenvalue weighted by atomic mass is 32.2. The number of aliphatic carboxylic acids is 1. The molecule has 0 radical (unpaired) electrons. The van der Waals surface area contributed by atoms with Crippen molar-refractivity contribution in [1.82, 2.24) is 4.31 Å². The number of hydrogen-bond donors (Lipinski definition) is 2. The third kappa shape index (κ3) is 3.85. The number of methoxy groups -OCH3 is 1. The fourth-order valence-electron chi connectivity index (χ4n) is 2.79. The average molecular weight is 356 g/mol. The molecule has 1 aromatic rings. The minimum atomic E-state index is -3.77.